The van der Waals surface area contributed by atoms with Gasteiger partial charge in [-0.3, -0.25) is 9.59 Å². The molecule has 1 fully saturated rings. The number of hydrogen-bond donors (Lipinski definition) is 0. The number of hydrogen-bond acceptors (Lipinski definition) is 6. The van der Waals surface area contributed by atoms with E-state index in [2.05, 4.69) is 0 Å². The molecule has 0 aromatic rings. The van der Waals surface area contributed by atoms with Gasteiger partial charge >= 0.3 is 18.0 Å². The van der Waals surface area contributed by atoms with Gasteiger partial charge in [0.1, 0.15) is 5.60 Å². The van der Waals surface area contributed by atoms with E-state index in [1.165, 1.54) is 0 Å². The largest absolute Gasteiger partial charge is 0.466 e. The van der Waals surface area contributed by atoms with E-state index >= 15 is 0 Å². The van der Waals surface area contributed by atoms with Crippen molar-refractivity contribution in [1.29, 1.82) is 0 Å². The van der Waals surface area contributed by atoms with Gasteiger partial charge in [0.05, 0.1) is 37.9 Å². The van der Waals surface area contributed by atoms with Gasteiger partial charge in [0.2, 0.25) is 0 Å². The molecule has 156 valence electrons. The molecule has 2 unspecified atom stereocenters. The second kappa shape index (κ2) is 9.32. The molecule has 0 spiro atoms. The van der Waals surface area contributed by atoms with Crippen LogP contribution in [0.5, 0.6) is 0 Å². The Kier molecular flexibility index (Phi) is 7.98. The number of nitrogens with zero attached hydrogens (tertiary/aromatic N) is 1. The van der Waals surface area contributed by atoms with Crippen molar-refractivity contribution in [2.45, 2.75) is 59.0 Å². The van der Waals surface area contributed by atoms with Crippen LogP contribution in [0.15, 0.2) is 0 Å². The van der Waals surface area contributed by atoms with E-state index in [0.717, 1.165) is 4.90 Å². The number of alkyl halides is 2. The summed E-state index contributed by atoms with van der Waals surface area (Å²) in [6.45, 7) is 7.56. The Bertz CT molecular complexity index is 514. The van der Waals surface area contributed by atoms with Crippen molar-refractivity contribution in [3.8, 4) is 0 Å². The number of esters is 2. The Labute approximate surface area is 158 Å². The first-order valence-electron chi connectivity index (χ1n) is 9.07. The second-order valence-corrected chi connectivity index (χ2v) is 7.47. The third kappa shape index (κ3) is 6.95. The molecule has 9 heteroatoms. The average Bonchev–Trinajstić information content (AvgIpc) is 2.50. The van der Waals surface area contributed by atoms with E-state index in [1.54, 1.807) is 34.6 Å². The predicted octanol–water partition coefficient (Wildman–Crippen LogP) is 3.01. The van der Waals surface area contributed by atoms with Crippen LogP contribution in [0.2, 0.25) is 0 Å². The standard InChI is InChI=1S/C18H29F2NO6/c1-6-25-14(22)8-12-10-21(16(24)27-17(3,4)5)11-13(18(12,19)20)9-15(23)26-7-2/h12-13H,6-11H2,1-5H3. The fraction of sp³-hybridized carbons (Fsp3) is 0.833. The van der Waals surface area contributed by atoms with Gasteiger partial charge in [-0.1, -0.05) is 0 Å². The topological polar surface area (TPSA) is 82.1 Å². The van der Waals surface area contributed by atoms with Crippen LogP contribution >= 0.6 is 0 Å². The molecule has 1 aliphatic heterocycles. The van der Waals surface area contributed by atoms with Gasteiger partial charge in [-0.15, -0.1) is 0 Å². The maximum Gasteiger partial charge on any atom is 0.410 e. The molecule has 1 rings (SSSR count). The molecule has 1 saturated heterocycles. The number of piperidine rings is 1. The molecule has 0 radical (unpaired) electrons. The van der Waals surface area contributed by atoms with Crippen molar-refractivity contribution in [2.24, 2.45) is 11.8 Å². The fourth-order valence-corrected chi connectivity index (χ4v) is 2.90. The van der Waals surface area contributed by atoms with Crippen molar-refractivity contribution in [3.05, 3.63) is 0 Å². The van der Waals surface area contributed by atoms with E-state index < -0.39 is 54.2 Å². The summed E-state index contributed by atoms with van der Waals surface area (Å²) < 4.78 is 44.6. The zero-order valence-corrected chi connectivity index (χ0v) is 16.5. The summed E-state index contributed by atoms with van der Waals surface area (Å²) in [5.74, 6) is -7.83. The summed E-state index contributed by atoms with van der Waals surface area (Å²) in [5.41, 5.74) is -0.801. The van der Waals surface area contributed by atoms with E-state index in [0.29, 0.717) is 0 Å². The molecular formula is C18H29F2NO6. The third-order valence-electron chi connectivity index (χ3n) is 4.06. The van der Waals surface area contributed by atoms with Gasteiger partial charge in [-0.25, -0.2) is 13.6 Å². The third-order valence-corrected chi connectivity index (χ3v) is 4.06. The minimum atomic E-state index is -3.34. The highest BCUT2D eigenvalue weighted by atomic mass is 19.3. The Morgan fingerprint density at radius 1 is 0.963 bits per heavy atom. The number of ether oxygens (including phenoxy) is 3. The van der Waals surface area contributed by atoms with Crippen LogP contribution in [0.3, 0.4) is 0 Å². The minimum absolute atomic E-state index is 0.0686. The number of rotatable bonds is 6. The van der Waals surface area contributed by atoms with Gasteiger partial charge in [-0.05, 0) is 34.6 Å². The van der Waals surface area contributed by atoms with E-state index in [1.807, 2.05) is 0 Å². The Morgan fingerprint density at radius 3 is 1.70 bits per heavy atom. The molecule has 0 aliphatic carbocycles. The van der Waals surface area contributed by atoms with Crippen LogP contribution in [0.25, 0.3) is 0 Å². The normalized spacial score (nSPS) is 22.1. The molecular weight excluding hydrogens is 364 g/mol. The van der Waals surface area contributed by atoms with Crippen LogP contribution in [-0.4, -0.2) is 60.8 Å². The van der Waals surface area contributed by atoms with E-state index in [9.17, 15) is 23.2 Å². The monoisotopic (exact) mass is 393 g/mol. The molecule has 0 aromatic heterocycles. The SMILES string of the molecule is CCOC(=O)CC1CN(C(=O)OC(C)(C)C)CC(CC(=O)OCC)C1(F)F. The first-order valence-corrected chi connectivity index (χ1v) is 9.07. The molecule has 1 heterocycles. The van der Waals surface area contributed by atoms with Gasteiger partial charge in [-0.2, -0.15) is 0 Å². The van der Waals surface area contributed by atoms with Crippen LogP contribution in [0, 0.1) is 11.8 Å². The summed E-state index contributed by atoms with van der Waals surface area (Å²) in [6.07, 6.45) is -1.88. The molecule has 0 bridgehead atoms. The lowest BCUT2D eigenvalue weighted by Crippen LogP contribution is -2.56. The zero-order valence-electron chi connectivity index (χ0n) is 16.5. The lowest BCUT2D eigenvalue weighted by Gasteiger charge is -2.43. The van der Waals surface area contributed by atoms with Crippen molar-refractivity contribution >= 4 is 18.0 Å². The van der Waals surface area contributed by atoms with Crippen LogP contribution in [0.4, 0.5) is 13.6 Å². The Morgan fingerprint density at radius 2 is 1.37 bits per heavy atom. The maximum atomic E-state index is 14.9. The number of amides is 1. The number of carbonyl (C=O) groups excluding carboxylic acids is 3. The Hall–Kier alpha value is -1.93. The highest BCUT2D eigenvalue weighted by Crippen LogP contribution is 2.42. The Balaban J connectivity index is 3.03. The van der Waals surface area contributed by atoms with Crippen molar-refractivity contribution in [2.75, 3.05) is 26.3 Å². The molecule has 2 atom stereocenters. The van der Waals surface area contributed by atoms with Crippen LogP contribution in [0.1, 0.15) is 47.5 Å². The molecule has 1 amide bonds. The van der Waals surface area contributed by atoms with E-state index in [-0.39, 0.29) is 26.3 Å². The first-order chi connectivity index (χ1) is 12.4. The summed E-state index contributed by atoms with van der Waals surface area (Å²) >= 11 is 0. The fourth-order valence-electron chi connectivity index (χ4n) is 2.90. The van der Waals surface area contributed by atoms with E-state index in [4.69, 9.17) is 14.2 Å². The second-order valence-electron chi connectivity index (χ2n) is 7.47. The summed E-state index contributed by atoms with van der Waals surface area (Å²) in [4.78, 5) is 37.0. The number of carbonyl (C=O) groups is 3. The molecule has 0 saturated carbocycles. The quantitative estimate of drug-likeness (QED) is 0.510. The molecule has 27 heavy (non-hydrogen) atoms. The first kappa shape index (κ1) is 23.1. The van der Waals surface area contributed by atoms with Crippen LogP contribution < -0.4 is 0 Å². The maximum absolute atomic E-state index is 14.9. The van der Waals surface area contributed by atoms with Gasteiger partial charge in [0, 0.05) is 13.1 Å². The number of likely N-dealkylation sites (tertiary alicyclic amines) is 1. The number of halogens is 2. The average molecular weight is 393 g/mol. The lowest BCUT2D eigenvalue weighted by atomic mass is 9.81. The predicted molar refractivity (Wildman–Crippen MR) is 92.2 cm³/mol. The summed E-state index contributed by atoms with van der Waals surface area (Å²) in [6, 6.07) is 0. The van der Waals surface area contributed by atoms with Gasteiger partial charge in [0.25, 0.3) is 5.92 Å². The minimum Gasteiger partial charge on any atom is -0.466 e. The van der Waals surface area contributed by atoms with Crippen LogP contribution in [-0.2, 0) is 23.8 Å². The summed E-state index contributed by atoms with van der Waals surface area (Å²) in [5, 5.41) is 0. The van der Waals surface area contributed by atoms with Crippen molar-refractivity contribution in [3.63, 3.8) is 0 Å². The molecule has 1 aliphatic rings. The zero-order chi connectivity index (χ0) is 20.8. The smallest absolute Gasteiger partial charge is 0.410 e. The lowest BCUT2D eigenvalue weighted by molar-refractivity contribution is -0.175. The van der Waals surface area contributed by atoms with Gasteiger partial charge in [0.15, 0.2) is 0 Å². The van der Waals surface area contributed by atoms with Crippen molar-refractivity contribution < 1.29 is 37.4 Å². The van der Waals surface area contributed by atoms with Gasteiger partial charge < -0.3 is 19.1 Å². The highest BCUT2D eigenvalue weighted by molar-refractivity contribution is 5.72. The summed E-state index contributed by atoms with van der Waals surface area (Å²) in [7, 11) is 0. The van der Waals surface area contributed by atoms with Crippen molar-refractivity contribution in [1.82, 2.24) is 4.90 Å². The molecule has 7 nitrogen and oxygen atoms in total. The highest BCUT2D eigenvalue weighted by Gasteiger charge is 2.54. The molecule has 0 aromatic carbocycles. The molecule has 0 N–H and O–H groups in total.